The number of carbonyl (C=O) groups is 1. The van der Waals surface area contributed by atoms with Crippen LogP contribution in [0.5, 0.6) is 0 Å². The minimum atomic E-state index is -4.82. The van der Waals surface area contributed by atoms with Crippen LogP contribution < -0.4 is 5.32 Å². The zero-order valence-corrected chi connectivity index (χ0v) is 17.6. The number of nitrogens with zero attached hydrogens (tertiary/aromatic N) is 2. The summed E-state index contributed by atoms with van der Waals surface area (Å²) in [5.74, 6) is -1.45. The van der Waals surface area contributed by atoms with Gasteiger partial charge in [0.15, 0.2) is 0 Å². The molecule has 1 unspecified atom stereocenters. The van der Waals surface area contributed by atoms with E-state index in [9.17, 15) is 22.4 Å². The Labute approximate surface area is 177 Å². The molecule has 8 heteroatoms. The van der Waals surface area contributed by atoms with E-state index in [0.717, 1.165) is 23.6 Å². The number of rotatable bonds is 5. The van der Waals surface area contributed by atoms with Crippen LogP contribution in [0, 0.1) is 12.7 Å². The summed E-state index contributed by atoms with van der Waals surface area (Å²) in [6.07, 6.45) is -3.79. The zero-order chi connectivity index (χ0) is 22.9. The average molecular weight is 433 g/mol. The maximum Gasteiger partial charge on any atom is 0.419 e. The van der Waals surface area contributed by atoms with Crippen LogP contribution in [0.2, 0.25) is 0 Å². The zero-order valence-electron chi connectivity index (χ0n) is 17.6. The van der Waals surface area contributed by atoms with Crippen molar-refractivity contribution in [2.75, 3.05) is 5.32 Å². The Kier molecular flexibility index (Phi) is 6.20. The molecule has 0 spiro atoms. The third-order valence-electron chi connectivity index (χ3n) is 5.37. The Morgan fingerprint density at radius 1 is 1.16 bits per heavy atom. The standard InChI is InChI=1S/C23H23F4N3O/c1-5-13(2)17-8-6-15(10-14(17)3)20-12-21(30(4)29-20)28-22(31)16-7-9-18(19(24)11-16)23(25,26)27/h6-13H,5H2,1-4H3,(H,28,31). The molecule has 3 aromatic rings. The minimum absolute atomic E-state index is 0.220. The SMILES string of the molecule is CCC(C)c1ccc(-c2cc(NC(=O)c3ccc(C(F)(F)F)c(F)c3)n(C)n2)cc1C. The predicted molar refractivity (Wildman–Crippen MR) is 111 cm³/mol. The van der Waals surface area contributed by atoms with Crippen LogP contribution in [0.15, 0.2) is 42.5 Å². The van der Waals surface area contributed by atoms with E-state index in [1.807, 2.05) is 19.1 Å². The summed E-state index contributed by atoms with van der Waals surface area (Å²) < 4.78 is 53.4. The molecular weight excluding hydrogens is 410 g/mol. The van der Waals surface area contributed by atoms with Crippen molar-refractivity contribution in [3.63, 3.8) is 0 Å². The summed E-state index contributed by atoms with van der Waals surface area (Å²) in [6, 6.07) is 9.80. The average Bonchev–Trinajstić information content (AvgIpc) is 3.06. The van der Waals surface area contributed by atoms with Crippen LogP contribution in [-0.2, 0) is 13.2 Å². The van der Waals surface area contributed by atoms with Gasteiger partial charge in [-0.25, -0.2) is 4.39 Å². The van der Waals surface area contributed by atoms with Crippen LogP contribution in [0.25, 0.3) is 11.3 Å². The lowest BCUT2D eigenvalue weighted by Crippen LogP contribution is -2.16. The molecule has 0 bridgehead atoms. The molecule has 1 aromatic heterocycles. The van der Waals surface area contributed by atoms with Gasteiger partial charge in [0.1, 0.15) is 11.6 Å². The molecule has 0 fully saturated rings. The summed E-state index contributed by atoms with van der Waals surface area (Å²) in [5, 5.41) is 6.98. The van der Waals surface area contributed by atoms with Gasteiger partial charge in [0, 0.05) is 24.2 Å². The van der Waals surface area contributed by atoms with Gasteiger partial charge in [-0.2, -0.15) is 18.3 Å². The molecule has 1 heterocycles. The van der Waals surface area contributed by atoms with Gasteiger partial charge in [-0.3, -0.25) is 9.48 Å². The van der Waals surface area contributed by atoms with Gasteiger partial charge in [-0.1, -0.05) is 26.0 Å². The quantitative estimate of drug-likeness (QED) is 0.479. The Morgan fingerprint density at radius 2 is 1.87 bits per heavy atom. The maximum atomic E-state index is 13.8. The Hall–Kier alpha value is -3.16. The molecule has 1 N–H and O–H groups in total. The van der Waals surface area contributed by atoms with E-state index in [4.69, 9.17) is 0 Å². The van der Waals surface area contributed by atoms with E-state index in [1.54, 1.807) is 13.1 Å². The van der Waals surface area contributed by atoms with Crippen LogP contribution in [0.1, 0.15) is 53.2 Å². The molecule has 0 aliphatic heterocycles. The molecule has 2 aromatic carbocycles. The fraction of sp³-hybridized carbons (Fsp3) is 0.304. The van der Waals surface area contributed by atoms with Gasteiger partial charge in [0.05, 0.1) is 11.3 Å². The van der Waals surface area contributed by atoms with Crippen molar-refractivity contribution >= 4 is 11.7 Å². The highest BCUT2D eigenvalue weighted by Crippen LogP contribution is 2.32. The van der Waals surface area contributed by atoms with Crippen LogP contribution >= 0.6 is 0 Å². The molecule has 0 aliphatic carbocycles. The van der Waals surface area contributed by atoms with Crippen molar-refractivity contribution in [1.29, 1.82) is 0 Å². The van der Waals surface area contributed by atoms with Crippen LogP contribution in [0.3, 0.4) is 0 Å². The number of hydrogen-bond acceptors (Lipinski definition) is 2. The molecule has 1 atom stereocenters. The highest BCUT2D eigenvalue weighted by Gasteiger charge is 2.34. The van der Waals surface area contributed by atoms with Crippen molar-refractivity contribution in [2.45, 2.75) is 39.3 Å². The number of anilines is 1. The molecule has 164 valence electrons. The lowest BCUT2D eigenvalue weighted by atomic mass is 9.92. The second kappa shape index (κ2) is 8.53. The fourth-order valence-corrected chi connectivity index (χ4v) is 3.41. The molecule has 0 saturated heterocycles. The van der Waals surface area contributed by atoms with Crippen molar-refractivity contribution < 1.29 is 22.4 Å². The summed E-state index contributed by atoms with van der Waals surface area (Å²) >= 11 is 0. The molecule has 1 amide bonds. The smallest absolute Gasteiger partial charge is 0.307 e. The predicted octanol–water partition coefficient (Wildman–Crippen LogP) is 6.32. The number of carbonyl (C=O) groups excluding carboxylic acids is 1. The first-order chi connectivity index (χ1) is 14.5. The molecule has 4 nitrogen and oxygen atoms in total. The number of alkyl halides is 3. The number of aryl methyl sites for hydroxylation is 2. The number of benzene rings is 2. The molecular formula is C23H23F4N3O. The number of aromatic nitrogens is 2. The largest absolute Gasteiger partial charge is 0.419 e. The Balaban J connectivity index is 1.83. The normalized spacial score (nSPS) is 12.6. The van der Waals surface area contributed by atoms with E-state index in [1.165, 1.54) is 10.2 Å². The monoisotopic (exact) mass is 433 g/mol. The fourth-order valence-electron chi connectivity index (χ4n) is 3.41. The summed E-state index contributed by atoms with van der Waals surface area (Å²) in [7, 11) is 1.63. The molecule has 3 rings (SSSR count). The van der Waals surface area contributed by atoms with Gasteiger partial charge in [-0.05, 0) is 54.7 Å². The molecule has 0 saturated carbocycles. The first-order valence-corrected chi connectivity index (χ1v) is 9.84. The van der Waals surface area contributed by atoms with Gasteiger partial charge in [-0.15, -0.1) is 0 Å². The van der Waals surface area contributed by atoms with Gasteiger partial charge in [0.25, 0.3) is 5.91 Å². The third kappa shape index (κ3) is 4.78. The van der Waals surface area contributed by atoms with Crippen molar-refractivity contribution in [3.05, 3.63) is 70.5 Å². The Bertz CT molecular complexity index is 1120. The van der Waals surface area contributed by atoms with E-state index >= 15 is 0 Å². The lowest BCUT2D eigenvalue weighted by molar-refractivity contribution is -0.140. The summed E-state index contributed by atoms with van der Waals surface area (Å²) in [6.45, 7) is 6.34. The summed E-state index contributed by atoms with van der Waals surface area (Å²) in [4.78, 5) is 12.4. The lowest BCUT2D eigenvalue weighted by Gasteiger charge is -2.13. The van der Waals surface area contributed by atoms with Crippen molar-refractivity contribution in [3.8, 4) is 11.3 Å². The highest BCUT2D eigenvalue weighted by atomic mass is 19.4. The van der Waals surface area contributed by atoms with Gasteiger partial charge < -0.3 is 5.32 Å². The number of nitrogens with one attached hydrogen (secondary N) is 1. The first-order valence-electron chi connectivity index (χ1n) is 9.84. The molecule has 0 aliphatic rings. The summed E-state index contributed by atoms with van der Waals surface area (Å²) in [5.41, 5.74) is 2.28. The molecule has 31 heavy (non-hydrogen) atoms. The number of hydrogen-bond donors (Lipinski definition) is 1. The van der Waals surface area contributed by atoms with E-state index in [0.29, 0.717) is 29.6 Å². The van der Waals surface area contributed by atoms with E-state index in [-0.39, 0.29) is 5.56 Å². The van der Waals surface area contributed by atoms with Crippen LogP contribution in [-0.4, -0.2) is 15.7 Å². The topological polar surface area (TPSA) is 46.9 Å². The van der Waals surface area contributed by atoms with E-state index < -0.39 is 23.5 Å². The second-order valence-electron chi connectivity index (χ2n) is 7.57. The second-order valence-corrected chi connectivity index (χ2v) is 7.57. The maximum absolute atomic E-state index is 13.8. The number of halogens is 4. The van der Waals surface area contributed by atoms with E-state index in [2.05, 4.69) is 30.3 Å². The van der Waals surface area contributed by atoms with Crippen LogP contribution in [0.4, 0.5) is 23.4 Å². The van der Waals surface area contributed by atoms with Gasteiger partial charge in [0.2, 0.25) is 0 Å². The first kappa shape index (κ1) is 22.5. The van der Waals surface area contributed by atoms with Crippen molar-refractivity contribution in [2.24, 2.45) is 7.05 Å². The van der Waals surface area contributed by atoms with Gasteiger partial charge >= 0.3 is 6.18 Å². The van der Waals surface area contributed by atoms with Crippen molar-refractivity contribution in [1.82, 2.24) is 9.78 Å². The number of amides is 1. The highest BCUT2D eigenvalue weighted by molar-refractivity contribution is 6.04. The Morgan fingerprint density at radius 3 is 2.45 bits per heavy atom. The molecule has 0 radical (unpaired) electrons. The third-order valence-corrected chi connectivity index (χ3v) is 5.37. The minimum Gasteiger partial charge on any atom is -0.307 e.